The van der Waals surface area contributed by atoms with E-state index in [1.807, 2.05) is 12.1 Å². The number of anilines is 2. The van der Waals surface area contributed by atoms with Gasteiger partial charge in [0.05, 0.1) is 10.7 Å². The highest BCUT2D eigenvalue weighted by Crippen LogP contribution is 2.34. The van der Waals surface area contributed by atoms with Crippen LogP contribution in [0.4, 0.5) is 11.5 Å². The number of amides is 1. The second kappa shape index (κ2) is 6.43. The van der Waals surface area contributed by atoms with E-state index in [0.717, 1.165) is 4.47 Å². The van der Waals surface area contributed by atoms with Crippen LogP contribution in [0, 0.1) is 0 Å². The topological polar surface area (TPSA) is 68.0 Å². The third-order valence-electron chi connectivity index (χ3n) is 2.33. The quantitative estimate of drug-likeness (QED) is 0.640. The van der Waals surface area contributed by atoms with Crippen molar-refractivity contribution < 1.29 is 4.79 Å². The van der Waals surface area contributed by atoms with Crippen molar-refractivity contribution in [3.8, 4) is 0 Å². The molecule has 0 saturated heterocycles. The van der Waals surface area contributed by atoms with Crippen molar-refractivity contribution in [2.45, 2.75) is 0 Å². The second-order valence-corrected chi connectivity index (χ2v) is 6.80. The van der Waals surface area contributed by atoms with Crippen LogP contribution in [0.2, 0.25) is 5.02 Å². The number of pyridine rings is 1. The van der Waals surface area contributed by atoms with E-state index in [-0.39, 0.29) is 16.5 Å². The monoisotopic (exact) mass is 481 g/mol. The number of hydrogen-bond donors (Lipinski definition) is 2. The average molecular weight is 484 g/mol. The first-order valence-corrected chi connectivity index (χ1v) is 8.02. The second-order valence-electron chi connectivity index (χ2n) is 3.77. The summed E-state index contributed by atoms with van der Waals surface area (Å²) in [5.41, 5.74) is 6.22. The first-order chi connectivity index (χ1) is 9.38. The molecular formula is C12H7Br3ClN3O. The summed E-state index contributed by atoms with van der Waals surface area (Å²) < 4.78 is 2.30. The molecule has 1 aromatic carbocycles. The third-order valence-corrected chi connectivity index (χ3v) is 4.34. The van der Waals surface area contributed by atoms with Crippen molar-refractivity contribution in [1.82, 2.24) is 4.98 Å². The highest BCUT2D eigenvalue weighted by molar-refractivity contribution is 9.11. The Bertz CT molecular complexity index is 671. The molecule has 4 nitrogen and oxygen atoms in total. The van der Waals surface area contributed by atoms with Gasteiger partial charge in [-0.15, -0.1) is 0 Å². The zero-order chi connectivity index (χ0) is 14.9. The molecule has 0 aliphatic carbocycles. The first-order valence-electron chi connectivity index (χ1n) is 5.26. The molecule has 0 unspecified atom stereocenters. The molecule has 0 radical (unpaired) electrons. The van der Waals surface area contributed by atoms with Gasteiger partial charge in [0.2, 0.25) is 0 Å². The normalized spacial score (nSPS) is 10.4. The first kappa shape index (κ1) is 15.8. The molecule has 3 N–H and O–H groups in total. The number of nitrogens with zero attached hydrogens (tertiary/aromatic N) is 1. The fourth-order valence-electron chi connectivity index (χ4n) is 1.45. The van der Waals surface area contributed by atoms with Gasteiger partial charge in [-0.05, 0) is 56.1 Å². The fraction of sp³-hybridized carbons (Fsp3) is 0. The summed E-state index contributed by atoms with van der Waals surface area (Å²) in [5.74, 6) is -0.209. The molecular weight excluding hydrogens is 477 g/mol. The van der Waals surface area contributed by atoms with Gasteiger partial charge >= 0.3 is 0 Å². The van der Waals surface area contributed by atoms with Crippen molar-refractivity contribution in [1.29, 1.82) is 0 Å². The Morgan fingerprint density at radius 1 is 1.20 bits per heavy atom. The maximum atomic E-state index is 12.2. The lowest BCUT2D eigenvalue weighted by atomic mass is 10.3. The predicted octanol–water partition coefficient (Wildman–Crippen LogP) is 4.86. The molecule has 0 spiro atoms. The van der Waals surface area contributed by atoms with Crippen LogP contribution >= 0.6 is 59.4 Å². The number of hydrogen-bond acceptors (Lipinski definition) is 3. The summed E-state index contributed by atoms with van der Waals surface area (Å²) in [6, 6.07) is 6.69. The molecule has 0 aliphatic heterocycles. The van der Waals surface area contributed by atoms with Crippen LogP contribution in [0.15, 0.2) is 37.7 Å². The minimum Gasteiger partial charge on any atom is -0.384 e. The number of rotatable bonds is 2. The van der Waals surface area contributed by atoms with Crippen LogP contribution in [0.5, 0.6) is 0 Å². The Morgan fingerprint density at radius 3 is 2.40 bits per heavy atom. The predicted molar refractivity (Wildman–Crippen MR) is 91.2 cm³/mol. The van der Waals surface area contributed by atoms with Crippen LogP contribution in [-0.4, -0.2) is 10.9 Å². The van der Waals surface area contributed by atoms with E-state index in [1.165, 1.54) is 12.1 Å². The molecule has 2 aromatic rings. The summed E-state index contributed by atoms with van der Waals surface area (Å²) in [6.07, 6.45) is 0. The van der Waals surface area contributed by atoms with E-state index in [4.69, 9.17) is 17.3 Å². The maximum absolute atomic E-state index is 12.2. The fourth-order valence-corrected chi connectivity index (χ4v) is 4.10. The highest BCUT2D eigenvalue weighted by Gasteiger charge is 2.16. The van der Waals surface area contributed by atoms with Crippen LogP contribution in [0.3, 0.4) is 0 Å². The van der Waals surface area contributed by atoms with Crippen LogP contribution < -0.4 is 11.1 Å². The lowest BCUT2D eigenvalue weighted by Gasteiger charge is -2.11. The molecule has 0 saturated carbocycles. The Balaban J connectivity index is 2.35. The molecule has 0 atom stereocenters. The summed E-state index contributed by atoms with van der Waals surface area (Å²) in [5, 5.41) is 2.97. The molecule has 8 heteroatoms. The SMILES string of the molecule is Nc1ccc(Cl)c(C(=O)Nc2c(Br)cc(Br)cc2Br)n1. The summed E-state index contributed by atoms with van der Waals surface area (Å²) in [4.78, 5) is 16.1. The van der Waals surface area contributed by atoms with Gasteiger partial charge < -0.3 is 11.1 Å². The summed E-state index contributed by atoms with van der Waals surface area (Å²) >= 11 is 16.1. The van der Waals surface area contributed by atoms with Crippen LogP contribution in [0.1, 0.15) is 10.5 Å². The lowest BCUT2D eigenvalue weighted by Crippen LogP contribution is -2.15. The molecule has 0 bridgehead atoms. The molecule has 0 aliphatic rings. The van der Waals surface area contributed by atoms with E-state index in [2.05, 4.69) is 58.1 Å². The number of aromatic nitrogens is 1. The minimum atomic E-state index is -0.439. The van der Waals surface area contributed by atoms with Gasteiger partial charge in [0.15, 0.2) is 0 Å². The third kappa shape index (κ3) is 3.52. The van der Waals surface area contributed by atoms with Crippen LogP contribution in [0.25, 0.3) is 0 Å². The average Bonchev–Trinajstić information content (AvgIpc) is 2.36. The highest BCUT2D eigenvalue weighted by atomic mass is 79.9. The van der Waals surface area contributed by atoms with Gasteiger partial charge in [0.25, 0.3) is 5.91 Å². The van der Waals surface area contributed by atoms with Gasteiger partial charge in [-0.2, -0.15) is 0 Å². The lowest BCUT2D eigenvalue weighted by molar-refractivity contribution is 0.102. The molecule has 20 heavy (non-hydrogen) atoms. The molecule has 0 fully saturated rings. The van der Waals surface area contributed by atoms with E-state index in [1.54, 1.807) is 0 Å². The zero-order valence-corrected chi connectivity index (χ0v) is 15.3. The number of nitrogens with one attached hydrogen (secondary N) is 1. The van der Waals surface area contributed by atoms with Crippen molar-refractivity contribution >= 4 is 76.8 Å². The zero-order valence-electron chi connectivity index (χ0n) is 9.75. The van der Waals surface area contributed by atoms with Gasteiger partial charge in [0, 0.05) is 13.4 Å². The largest absolute Gasteiger partial charge is 0.384 e. The number of carbonyl (C=O) groups excluding carboxylic acids is 1. The maximum Gasteiger partial charge on any atom is 0.275 e. The van der Waals surface area contributed by atoms with Gasteiger partial charge in [-0.25, -0.2) is 4.98 Å². The number of nitrogen functional groups attached to an aromatic ring is 1. The summed E-state index contributed by atoms with van der Waals surface area (Å²) in [7, 11) is 0. The van der Waals surface area contributed by atoms with Crippen molar-refractivity contribution in [2.24, 2.45) is 0 Å². The molecule has 104 valence electrons. The molecule has 1 amide bonds. The Morgan fingerprint density at radius 2 is 1.80 bits per heavy atom. The van der Waals surface area contributed by atoms with Crippen molar-refractivity contribution in [2.75, 3.05) is 11.1 Å². The minimum absolute atomic E-state index is 0.0772. The van der Waals surface area contributed by atoms with Gasteiger partial charge in [-0.3, -0.25) is 4.79 Å². The van der Waals surface area contributed by atoms with Gasteiger partial charge in [-0.1, -0.05) is 27.5 Å². The van der Waals surface area contributed by atoms with Crippen molar-refractivity contribution in [3.63, 3.8) is 0 Å². The van der Waals surface area contributed by atoms with Crippen LogP contribution in [-0.2, 0) is 0 Å². The van der Waals surface area contributed by atoms with E-state index in [0.29, 0.717) is 14.6 Å². The van der Waals surface area contributed by atoms with E-state index < -0.39 is 5.91 Å². The van der Waals surface area contributed by atoms with E-state index >= 15 is 0 Å². The number of halogens is 4. The summed E-state index contributed by atoms with van der Waals surface area (Å²) in [6.45, 7) is 0. The van der Waals surface area contributed by atoms with E-state index in [9.17, 15) is 4.79 Å². The number of nitrogens with two attached hydrogens (primary N) is 1. The smallest absolute Gasteiger partial charge is 0.275 e. The molecule has 1 aromatic heterocycles. The standard InChI is InChI=1S/C12H7Br3ClN3O/c13-5-3-6(14)10(7(15)4-5)19-12(20)11-8(16)1-2-9(17)18-11/h1-4H,(H2,17,18)(H,19,20). The number of carbonyl (C=O) groups is 1. The number of benzene rings is 1. The molecule has 2 rings (SSSR count). The Kier molecular flexibility index (Phi) is 5.06. The Hall–Kier alpha value is -0.630. The van der Waals surface area contributed by atoms with Gasteiger partial charge in [0.1, 0.15) is 11.5 Å². The Labute approximate surface area is 145 Å². The molecule has 1 heterocycles. The van der Waals surface area contributed by atoms with Crippen molar-refractivity contribution in [3.05, 3.63) is 48.4 Å².